The fourth-order valence-corrected chi connectivity index (χ4v) is 9.69. The minimum absolute atomic E-state index is 0.631. The molecule has 0 bridgehead atoms. The van der Waals surface area contributed by atoms with Crippen molar-refractivity contribution < 1.29 is 4.74 Å². The molecule has 1 atom stereocenters. The van der Waals surface area contributed by atoms with E-state index in [0.717, 1.165) is 56.3 Å². The zero-order valence-corrected chi connectivity index (χ0v) is 31.4. The van der Waals surface area contributed by atoms with E-state index in [-0.39, 0.29) is 0 Å². The van der Waals surface area contributed by atoms with E-state index in [1.54, 1.807) is 0 Å². The van der Waals surface area contributed by atoms with Gasteiger partial charge in [0.05, 0.1) is 16.8 Å². The van der Waals surface area contributed by atoms with E-state index in [4.69, 9.17) is 14.7 Å². The molecule has 270 valence electrons. The largest absolute Gasteiger partial charge is 0.457 e. The Bertz CT molecular complexity index is 3260. The van der Waals surface area contributed by atoms with E-state index in [0.29, 0.717) is 5.82 Å². The van der Waals surface area contributed by atoms with Crippen molar-refractivity contribution in [1.82, 2.24) is 9.97 Å². The number of fused-ring (bicyclic) bond motifs is 14. The summed E-state index contributed by atoms with van der Waals surface area (Å²) in [6, 6.07) is 73.5. The summed E-state index contributed by atoms with van der Waals surface area (Å²) in [6.07, 6.45) is 0. The number of rotatable bonds is 4. The molecule has 2 aliphatic rings. The van der Waals surface area contributed by atoms with Crippen LogP contribution in [0.1, 0.15) is 22.3 Å². The van der Waals surface area contributed by atoms with E-state index >= 15 is 0 Å². The second kappa shape index (κ2) is 12.7. The van der Waals surface area contributed by atoms with Crippen molar-refractivity contribution in [2.45, 2.75) is 5.41 Å². The lowest BCUT2D eigenvalue weighted by atomic mass is 9.65. The number of hydrogen-bond acceptors (Lipinski definition) is 3. The molecule has 0 radical (unpaired) electrons. The average molecular weight is 739 g/mol. The van der Waals surface area contributed by atoms with Crippen LogP contribution in [0, 0.1) is 0 Å². The molecule has 0 N–H and O–H groups in total. The number of aromatic nitrogens is 2. The molecule has 0 amide bonds. The molecule has 1 aliphatic heterocycles. The van der Waals surface area contributed by atoms with Crippen molar-refractivity contribution in [3.8, 4) is 67.7 Å². The Morgan fingerprint density at radius 1 is 0.345 bits per heavy atom. The summed E-state index contributed by atoms with van der Waals surface area (Å²) in [5.74, 6) is 2.30. The van der Waals surface area contributed by atoms with Gasteiger partial charge in [-0.1, -0.05) is 182 Å². The third kappa shape index (κ3) is 4.74. The Kier molecular flexibility index (Phi) is 7.14. The molecule has 0 saturated carbocycles. The minimum Gasteiger partial charge on any atom is -0.457 e. The Balaban J connectivity index is 1.11. The van der Waals surface area contributed by atoms with Gasteiger partial charge < -0.3 is 4.74 Å². The normalized spacial score (nSPS) is 14.8. The van der Waals surface area contributed by atoms with Crippen LogP contribution in [0.3, 0.4) is 0 Å². The highest BCUT2D eigenvalue weighted by molar-refractivity contribution is 6.19. The van der Waals surface area contributed by atoms with Crippen LogP contribution < -0.4 is 4.74 Å². The maximum atomic E-state index is 6.99. The quantitative estimate of drug-likeness (QED) is 0.169. The van der Waals surface area contributed by atoms with Gasteiger partial charge in [0.15, 0.2) is 5.82 Å². The number of ether oxygens (including phenoxy) is 1. The SMILES string of the molecule is c1ccc(-c2cccc(-c3cc(-c4ccccc4)nc(-c4ccc5c(c4)Oc4ccccc4C54c5ccccc5-c5c4c4ccccc4c4ccccc54)n3)c2)cc1. The van der Waals surface area contributed by atoms with Crippen LogP contribution in [0.25, 0.3) is 77.7 Å². The molecule has 1 spiro atoms. The number of para-hydroxylation sites is 1. The topological polar surface area (TPSA) is 35.0 Å². The summed E-state index contributed by atoms with van der Waals surface area (Å²) in [6.45, 7) is 0. The molecule has 9 aromatic carbocycles. The first-order valence-electron chi connectivity index (χ1n) is 19.8. The van der Waals surface area contributed by atoms with Gasteiger partial charge in [-0.3, -0.25) is 0 Å². The Morgan fingerprint density at radius 3 is 1.71 bits per heavy atom. The molecule has 1 aromatic heterocycles. The molecule has 1 unspecified atom stereocenters. The summed E-state index contributed by atoms with van der Waals surface area (Å²) in [5.41, 5.74) is 13.7. The van der Waals surface area contributed by atoms with Crippen LogP contribution in [0.15, 0.2) is 206 Å². The van der Waals surface area contributed by atoms with Crippen LogP contribution in [-0.2, 0) is 5.41 Å². The Morgan fingerprint density at radius 2 is 0.914 bits per heavy atom. The number of hydrogen-bond donors (Lipinski definition) is 0. The van der Waals surface area contributed by atoms with Crippen molar-refractivity contribution in [1.29, 1.82) is 0 Å². The van der Waals surface area contributed by atoms with Crippen molar-refractivity contribution in [3.63, 3.8) is 0 Å². The fraction of sp³-hybridized carbons (Fsp3) is 0.0182. The monoisotopic (exact) mass is 738 g/mol. The van der Waals surface area contributed by atoms with Crippen molar-refractivity contribution in [2.75, 3.05) is 0 Å². The smallest absolute Gasteiger partial charge is 0.160 e. The highest BCUT2D eigenvalue weighted by Gasteiger charge is 2.52. The van der Waals surface area contributed by atoms with Gasteiger partial charge in [-0.25, -0.2) is 9.97 Å². The fourth-order valence-electron chi connectivity index (χ4n) is 9.69. The molecule has 3 nitrogen and oxygen atoms in total. The lowest BCUT2D eigenvalue weighted by molar-refractivity contribution is 0.437. The Labute approximate surface area is 336 Å². The molecule has 2 heterocycles. The Hall–Kier alpha value is -7.62. The summed E-state index contributed by atoms with van der Waals surface area (Å²) in [7, 11) is 0. The van der Waals surface area contributed by atoms with Crippen molar-refractivity contribution >= 4 is 21.5 Å². The standard InChI is InChI=1S/C55H34N2O/c1-3-16-35(17-4-1)37-20-15-21-38(32-37)49-34-48(36-18-5-2-6-19-36)56-54(57-49)39-30-31-47-51(33-39)58-50-29-14-13-28-46(50)55(47)45-27-12-11-26-44(45)52-42-24-9-7-22-40(42)41-23-8-10-25-43(41)53(52)55/h1-34H. The van der Waals surface area contributed by atoms with Gasteiger partial charge in [-0.2, -0.15) is 0 Å². The molecular formula is C55H34N2O. The summed E-state index contributed by atoms with van der Waals surface area (Å²) in [4.78, 5) is 10.5. The van der Waals surface area contributed by atoms with Crippen molar-refractivity contribution in [2.24, 2.45) is 0 Å². The minimum atomic E-state index is -0.631. The molecule has 10 aromatic rings. The first kappa shape index (κ1) is 32.6. The summed E-state index contributed by atoms with van der Waals surface area (Å²) < 4.78 is 6.99. The van der Waals surface area contributed by atoms with Gasteiger partial charge in [-0.15, -0.1) is 0 Å². The van der Waals surface area contributed by atoms with Gasteiger partial charge in [0.1, 0.15) is 11.5 Å². The summed E-state index contributed by atoms with van der Waals surface area (Å²) >= 11 is 0. The van der Waals surface area contributed by atoms with Gasteiger partial charge in [0.2, 0.25) is 0 Å². The lowest BCUT2D eigenvalue weighted by Crippen LogP contribution is -2.32. The van der Waals surface area contributed by atoms with Gasteiger partial charge in [0, 0.05) is 27.8 Å². The van der Waals surface area contributed by atoms with E-state index in [9.17, 15) is 0 Å². The van der Waals surface area contributed by atoms with E-state index < -0.39 is 5.41 Å². The number of benzene rings is 9. The van der Waals surface area contributed by atoms with Gasteiger partial charge in [-0.05, 0) is 79.2 Å². The van der Waals surface area contributed by atoms with Crippen LogP contribution >= 0.6 is 0 Å². The molecule has 1 aliphatic carbocycles. The second-order valence-corrected chi connectivity index (χ2v) is 15.2. The molecule has 0 saturated heterocycles. The van der Waals surface area contributed by atoms with Crippen LogP contribution in [0.4, 0.5) is 0 Å². The zero-order chi connectivity index (χ0) is 38.2. The van der Waals surface area contributed by atoms with E-state index in [1.165, 1.54) is 49.4 Å². The second-order valence-electron chi connectivity index (χ2n) is 15.2. The van der Waals surface area contributed by atoms with Gasteiger partial charge in [0.25, 0.3) is 0 Å². The predicted octanol–water partition coefficient (Wildman–Crippen LogP) is 13.9. The third-order valence-corrected chi connectivity index (χ3v) is 12.1. The average Bonchev–Trinajstić information content (AvgIpc) is 3.61. The number of nitrogens with zero attached hydrogens (tertiary/aromatic N) is 2. The van der Waals surface area contributed by atoms with Crippen LogP contribution in [0.2, 0.25) is 0 Å². The van der Waals surface area contributed by atoms with Gasteiger partial charge >= 0.3 is 0 Å². The maximum absolute atomic E-state index is 6.99. The van der Waals surface area contributed by atoms with Crippen LogP contribution in [0.5, 0.6) is 11.5 Å². The molecule has 0 fully saturated rings. The highest BCUT2D eigenvalue weighted by Crippen LogP contribution is 2.65. The molecular weight excluding hydrogens is 705 g/mol. The highest BCUT2D eigenvalue weighted by atomic mass is 16.5. The predicted molar refractivity (Wildman–Crippen MR) is 236 cm³/mol. The first-order chi connectivity index (χ1) is 28.8. The van der Waals surface area contributed by atoms with Crippen molar-refractivity contribution in [3.05, 3.63) is 229 Å². The lowest BCUT2D eigenvalue weighted by Gasteiger charge is -2.40. The summed E-state index contributed by atoms with van der Waals surface area (Å²) in [5, 5.41) is 5.03. The molecule has 12 rings (SSSR count). The molecule has 3 heteroatoms. The zero-order valence-electron chi connectivity index (χ0n) is 31.4. The molecule has 58 heavy (non-hydrogen) atoms. The van der Waals surface area contributed by atoms with E-state index in [1.807, 2.05) is 12.1 Å². The maximum Gasteiger partial charge on any atom is 0.160 e. The van der Waals surface area contributed by atoms with E-state index in [2.05, 4.69) is 194 Å². The first-order valence-corrected chi connectivity index (χ1v) is 19.8. The van der Waals surface area contributed by atoms with Crippen LogP contribution in [-0.4, -0.2) is 9.97 Å². The third-order valence-electron chi connectivity index (χ3n) is 12.1.